The van der Waals surface area contributed by atoms with Gasteiger partial charge in [-0.1, -0.05) is 34.1 Å². The smallest absolute Gasteiger partial charge is 0.322 e. The van der Waals surface area contributed by atoms with Gasteiger partial charge in [-0.15, -0.1) is 0 Å². The molecule has 11 atom stereocenters. The lowest BCUT2D eigenvalue weighted by molar-refractivity contribution is -0.203. The average molecular weight is 590 g/mol. The van der Waals surface area contributed by atoms with Gasteiger partial charge in [-0.2, -0.15) is 4.31 Å². The van der Waals surface area contributed by atoms with Gasteiger partial charge in [-0.3, -0.25) is 4.79 Å². The molecule has 5 aliphatic rings. The van der Waals surface area contributed by atoms with E-state index in [2.05, 4.69) is 27.7 Å². The second-order valence-electron chi connectivity index (χ2n) is 14.5. The number of ether oxygens (including phenoxy) is 1. The molecule has 1 saturated heterocycles. The molecule has 0 spiro atoms. The van der Waals surface area contributed by atoms with Gasteiger partial charge in [0.05, 0.1) is 31.9 Å². The van der Waals surface area contributed by atoms with E-state index in [4.69, 9.17) is 4.74 Å². The van der Waals surface area contributed by atoms with Gasteiger partial charge in [0.2, 0.25) is 10.0 Å². The molecule has 1 heterocycles. The number of nitrogens with zero attached hydrogens (tertiary/aromatic N) is 1. The van der Waals surface area contributed by atoms with Crippen molar-refractivity contribution in [2.24, 2.45) is 52.3 Å². The van der Waals surface area contributed by atoms with Crippen LogP contribution in [0.3, 0.4) is 0 Å². The molecular weight excluding hydrogens is 540 g/mol. The zero-order chi connectivity index (χ0) is 29.3. The third-order valence-corrected chi connectivity index (χ3v) is 14.1. The standard InChI is InChI=1S/C30H49F2NO6S/c1-5-20-24-14-19(34)8-11-29(24,4)23-9-12-28(3)21(6-7-22(28)26(23)27(20)36)18(2)10-13-39-25(35)15-40(37,38)33-16-30(31,32)17-33/h18-24,26-27,34,36H,5-17H2,1-4H3/t18-,19-,20-,21-,22+,23+,24+,26+,27-,28-,29-/m1/s1. The van der Waals surface area contributed by atoms with Gasteiger partial charge in [0.25, 0.3) is 5.92 Å². The summed E-state index contributed by atoms with van der Waals surface area (Å²) in [5, 5.41) is 22.3. The maximum Gasteiger partial charge on any atom is 0.322 e. The summed E-state index contributed by atoms with van der Waals surface area (Å²) >= 11 is 0. The molecule has 4 aliphatic carbocycles. The van der Waals surface area contributed by atoms with E-state index in [9.17, 15) is 32.2 Å². The molecule has 7 nitrogen and oxygen atoms in total. The Balaban J connectivity index is 1.20. The summed E-state index contributed by atoms with van der Waals surface area (Å²) in [5.74, 6) is -2.35. The number of alkyl halides is 2. The second-order valence-corrected chi connectivity index (χ2v) is 16.5. The number of sulfonamides is 1. The van der Waals surface area contributed by atoms with Crippen molar-refractivity contribution >= 4 is 16.0 Å². The molecule has 0 aromatic rings. The molecule has 230 valence electrons. The van der Waals surface area contributed by atoms with E-state index in [-0.39, 0.29) is 47.4 Å². The minimum Gasteiger partial charge on any atom is -0.465 e. The monoisotopic (exact) mass is 589 g/mol. The zero-order valence-corrected chi connectivity index (χ0v) is 25.3. The molecule has 40 heavy (non-hydrogen) atoms. The first-order valence-electron chi connectivity index (χ1n) is 15.5. The Morgan fingerprint density at radius 1 is 1.02 bits per heavy atom. The van der Waals surface area contributed by atoms with Crippen molar-refractivity contribution in [1.82, 2.24) is 4.31 Å². The molecule has 5 rings (SSSR count). The summed E-state index contributed by atoms with van der Waals surface area (Å²) in [6.45, 7) is 7.56. The van der Waals surface area contributed by atoms with Crippen LogP contribution in [0.5, 0.6) is 0 Å². The van der Waals surface area contributed by atoms with Crippen LogP contribution in [-0.2, 0) is 19.6 Å². The average Bonchev–Trinajstić information content (AvgIpc) is 3.20. The fourth-order valence-corrected chi connectivity index (χ4v) is 11.8. The Morgan fingerprint density at radius 2 is 1.68 bits per heavy atom. The quantitative estimate of drug-likeness (QED) is 0.405. The first-order chi connectivity index (χ1) is 18.6. The van der Waals surface area contributed by atoms with Crippen LogP contribution in [0.1, 0.15) is 85.5 Å². The van der Waals surface area contributed by atoms with E-state index in [1.54, 1.807) is 0 Å². The lowest BCUT2D eigenvalue weighted by Crippen LogP contribution is -2.62. The van der Waals surface area contributed by atoms with E-state index >= 15 is 0 Å². The molecule has 4 saturated carbocycles. The molecular formula is C30H49F2NO6S. The van der Waals surface area contributed by atoms with Crippen LogP contribution in [0, 0.1) is 52.3 Å². The highest BCUT2D eigenvalue weighted by Crippen LogP contribution is 2.69. The molecule has 0 aromatic carbocycles. The van der Waals surface area contributed by atoms with Gasteiger partial charge < -0.3 is 14.9 Å². The molecule has 2 N–H and O–H groups in total. The Hall–Kier alpha value is -0.840. The van der Waals surface area contributed by atoms with Gasteiger partial charge in [-0.05, 0) is 104 Å². The predicted octanol–water partition coefficient (Wildman–Crippen LogP) is 4.46. The minimum atomic E-state index is -4.08. The first kappa shape index (κ1) is 30.6. The highest BCUT2D eigenvalue weighted by molar-refractivity contribution is 7.89. The molecule has 0 unspecified atom stereocenters. The third-order valence-electron chi connectivity index (χ3n) is 12.5. The van der Waals surface area contributed by atoms with Gasteiger partial charge in [0.1, 0.15) is 0 Å². The number of rotatable bonds is 8. The maximum atomic E-state index is 13.1. The van der Waals surface area contributed by atoms with Crippen LogP contribution in [0.2, 0.25) is 0 Å². The zero-order valence-electron chi connectivity index (χ0n) is 24.5. The van der Waals surface area contributed by atoms with Crippen molar-refractivity contribution in [3.05, 3.63) is 0 Å². The number of aliphatic hydroxyl groups excluding tert-OH is 2. The van der Waals surface area contributed by atoms with Gasteiger partial charge in [-0.25, -0.2) is 17.2 Å². The van der Waals surface area contributed by atoms with E-state index in [1.807, 2.05) is 0 Å². The molecule has 0 radical (unpaired) electrons. The summed E-state index contributed by atoms with van der Waals surface area (Å²) in [4.78, 5) is 12.2. The lowest BCUT2D eigenvalue weighted by atomic mass is 9.41. The van der Waals surface area contributed by atoms with Crippen molar-refractivity contribution < 1.29 is 36.9 Å². The number of halogens is 2. The highest BCUT2D eigenvalue weighted by Gasteiger charge is 2.64. The first-order valence-corrected chi connectivity index (χ1v) is 17.1. The van der Waals surface area contributed by atoms with Gasteiger partial charge in [0.15, 0.2) is 5.75 Å². The predicted molar refractivity (Wildman–Crippen MR) is 147 cm³/mol. The van der Waals surface area contributed by atoms with Crippen LogP contribution >= 0.6 is 0 Å². The van der Waals surface area contributed by atoms with E-state index in [0.29, 0.717) is 34.4 Å². The molecule has 0 amide bonds. The number of esters is 1. The fraction of sp³-hybridized carbons (Fsp3) is 0.967. The van der Waals surface area contributed by atoms with Crippen LogP contribution in [-0.4, -0.2) is 72.5 Å². The summed E-state index contributed by atoms with van der Waals surface area (Å²) in [5.41, 5.74) is 0.253. The Kier molecular flexibility index (Phi) is 8.19. The Bertz CT molecular complexity index is 1060. The number of hydrogen-bond acceptors (Lipinski definition) is 6. The number of hydrogen-bond donors (Lipinski definition) is 2. The number of carbonyl (C=O) groups excluding carboxylic acids is 1. The number of fused-ring (bicyclic) bond motifs is 5. The minimum absolute atomic E-state index is 0.0906. The van der Waals surface area contributed by atoms with Gasteiger partial charge >= 0.3 is 5.97 Å². The summed E-state index contributed by atoms with van der Waals surface area (Å²) in [6, 6.07) is 0. The normalized spacial score (nSPS) is 45.5. The second kappa shape index (κ2) is 10.7. The van der Waals surface area contributed by atoms with Crippen molar-refractivity contribution in [2.75, 3.05) is 25.4 Å². The Labute approximate surface area is 238 Å². The maximum absolute atomic E-state index is 13.1. The molecule has 1 aliphatic heterocycles. The molecule has 0 aromatic heterocycles. The lowest BCUT2D eigenvalue weighted by Gasteiger charge is -2.64. The largest absolute Gasteiger partial charge is 0.465 e. The van der Waals surface area contributed by atoms with Crippen LogP contribution in [0.4, 0.5) is 8.78 Å². The van der Waals surface area contributed by atoms with E-state index < -0.39 is 40.8 Å². The number of carbonyl (C=O) groups is 1. The van der Waals surface area contributed by atoms with Crippen LogP contribution < -0.4 is 0 Å². The van der Waals surface area contributed by atoms with Gasteiger partial charge in [0, 0.05) is 0 Å². The fourth-order valence-electron chi connectivity index (χ4n) is 10.4. The summed E-state index contributed by atoms with van der Waals surface area (Å²) in [7, 11) is -4.08. The molecule has 0 bridgehead atoms. The van der Waals surface area contributed by atoms with Crippen molar-refractivity contribution in [3.63, 3.8) is 0 Å². The van der Waals surface area contributed by atoms with Crippen molar-refractivity contribution in [2.45, 2.75) is 104 Å². The van der Waals surface area contributed by atoms with E-state index in [0.717, 1.165) is 51.4 Å². The van der Waals surface area contributed by atoms with E-state index in [1.165, 1.54) is 0 Å². The summed E-state index contributed by atoms with van der Waals surface area (Å²) in [6.07, 6.45) is 8.02. The SMILES string of the molecule is CC[C@H]1[C@@H](O)[C@@H]2[C@H](CC[C@]3(C)[C@@H]([C@H](C)CCOC(=O)CS(=O)(=O)N4CC(F)(F)C4)CC[C@@H]23)[C@@]2(C)CC[C@@H](O)C[C@@H]12. The summed E-state index contributed by atoms with van der Waals surface area (Å²) < 4.78 is 56.4. The topological polar surface area (TPSA) is 104 Å². The molecule has 5 fully saturated rings. The van der Waals surface area contributed by atoms with Crippen LogP contribution in [0.25, 0.3) is 0 Å². The molecule has 10 heteroatoms. The third kappa shape index (κ3) is 5.15. The van der Waals surface area contributed by atoms with Crippen molar-refractivity contribution in [1.29, 1.82) is 0 Å². The van der Waals surface area contributed by atoms with Crippen LogP contribution in [0.15, 0.2) is 0 Å². The number of aliphatic hydroxyl groups is 2. The highest BCUT2D eigenvalue weighted by atomic mass is 32.2. The van der Waals surface area contributed by atoms with Crippen molar-refractivity contribution in [3.8, 4) is 0 Å². The Morgan fingerprint density at radius 3 is 2.33 bits per heavy atom.